The van der Waals surface area contributed by atoms with Crippen LogP contribution >= 0.6 is 15.9 Å². The van der Waals surface area contributed by atoms with Crippen LogP contribution in [-0.4, -0.2) is 12.6 Å². The number of nitrogens with two attached hydrogens (primary N) is 1. The highest BCUT2D eigenvalue weighted by molar-refractivity contribution is 9.12. The Morgan fingerprint density at radius 1 is 1.58 bits per heavy atom. The second-order valence-electron chi connectivity index (χ2n) is 2.87. The van der Waals surface area contributed by atoms with Gasteiger partial charge in [-0.15, -0.1) is 0 Å². The van der Waals surface area contributed by atoms with Gasteiger partial charge < -0.3 is 10.5 Å². The Kier molecular flexibility index (Phi) is 2.07. The Morgan fingerprint density at radius 2 is 2.42 bits per heavy atom. The first-order chi connectivity index (χ1) is 5.81. The summed E-state index contributed by atoms with van der Waals surface area (Å²) in [6.07, 6.45) is 7.21. The molecule has 2 nitrogen and oxygen atoms in total. The van der Waals surface area contributed by atoms with E-state index in [2.05, 4.69) is 22.0 Å². The van der Waals surface area contributed by atoms with Gasteiger partial charge in [-0.25, -0.2) is 0 Å². The maximum atomic E-state index is 5.62. The van der Waals surface area contributed by atoms with Gasteiger partial charge >= 0.3 is 0 Å². The number of fused-ring (bicyclic) bond motifs is 1. The molecule has 0 fully saturated rings. The maximum absolute atomic E-state index is 5.62. The summed E-state index contributed by atoms with van der Waals surface area (Å²) in [7, 11) is 0. The summed E-state index contributed by atoms with van der Waals surface area (Å²) < 4.78 is 6.72. The molecule has 0 aromatic rings. The lowest BCUT2D eigenvalue weighted by Crippen LogP contribution is -2.25. The standard InChI is InChI=1S/C9H10BrNO/c10-8-3-4-9-7(8)2-1-6(5-11)12-9/h2-4,6H,1,5,11H2. The quantitative estimate of drug-likeness (QED) is 0.743. The van der Waals surface area contributed by atoms with E-state index in [1.54, 1.807) is 0 Å². The van der Waals surface area contributed by atoms with Crippen LogP contribution in [0.25, 0.3) is 0 Å². The Labute approximate surface area is 79.9 Å². The molecule has 1 heterocycles. The minimum atomic E-state index is 0.159. The summed E-state index contributed by atoms with van der Waals surface area (Å²) in [6, 6.07) is 0. The van der Waals surface area contributed by atoms with Gasteiger partial charge in [0.1, 0.15) is 11.9 Å². The fraction of sp³-hybridized carbons (Fsp3) is 0.333. The largest absolute Gasteiger partial charge is 0.488 e. The normalized spacial score (nSPS) is 26.8. The molecule has 0 amide bonds. The Bertz CT molecular complexity index is 291. The average Bonchev–Trinajstić information content (AvgIpc) is 2.47. The van der Waals surface area contributed by atoms with Gasteiger partial charge in [-0.1, -0.05) is 22.0 Å². The van der Waals surface area contributed by atoms with Crippen molar-refractivity contribution in [2.45, 2.75) is 12.5 Å². The molecule has 2 rings (SSSR count). The van der Waals surface area contributed by atoms with Gasteiger partial charge in [0.05, 0.1) is 0 Å². The molecular weight excluding hydrogens is 218 g/mol. The molecule has 1 unspecified atom stereocenters. The van der Waals surface area contributed by atoms with Crippen molar-refractivity contribution in [3.63, 3.8) is 0 Å². The molecule has 0 aromatic heterocycles. The van der Waals surface area contributed by atoms with Gasteiger partial charge in [0.15, 0.2) is 0 Å². The molecule has 0 bridgehead atoms. The Morgan fingerprint density at radius 3 is 3.17 bits per heavy atom. The summed E-state index contributed by atoms with van der Waals surface area (Å²) in [6.45, 7) is 0.582. The van der Waals surface area contributed by atoms with Crippen LogP contribution < -0.4 is 5.73 Å². The zero-order chi connectivity index (χ0) is 8.55. The molecule has 0 saturated carbocycles. The summed E-state index contributed by atoms with van der Waals surface area (Å²) in [4.78, 5) is 0. The molecule has 64 valence electrons. The lowest BCUT2D eigenvalue weighted by atomic mass is 10.1. The molecule has 1 aliphatic heterocycles. The number of ether oxygens (including phenoxy) is 1. The van der Waals surface area contributed by atoms with E-state index in [0.29, 0.717) is 6.54 Å². The van der Waals surface area contributed by atoms with Crippen LogP contribution in [0.15, 0.2) is 34.0 Å². The third kappa shape index (κ3) is 1.23. The minimum absolute atomic E-state index is 0.159. The molecule has 2 aliphatic rings. The zero-order valence-corrected chi connectivity index (χ0v) is 8.17. The Balaban J connectivity index is 2.21. The van der Waals surface area contributed by atoms with Crippen LogP contribution in [-0.2, 0) is 4.74 Å². The molecule has 0 saturated heterocycles. The number of hydrogen-bond acceptors (Lipinski definition) is 2. The van der Waals surface area contributed by atoms with Crippen molar-refractivity contribution in [3.8, 4) is 0 Å². The van der Waals surface area contributed by atoms with Crippen molar-refractivity contribution in [1.29, 1.82) is 0 Å². The maximum Gasteiger partial charge on any atom is 0.127 e. The lowest BCUT2D eigenvalue weighted by Gasteiger charge is -2.22. The molecular formula is C9H10BrNO. The van der Waals surface area contributed by atoms with Gasteiger partial charge in [-0.3, -0.25) is 0 Å². The summed E-state index contributed by atoms with van der Waals surface area (Å²) in [5.41, 5.74) is 6.68. The van der Waals surface area contributed by atoms with Crippen molar-refractivity contribution in [2.75, 3.05) is 6.54 Å². The Hall–Kier alpha value is -0.540. The van der Waals surface area contributed by atoms with E-state index in [1.807, 2.05) is 12.2 Å². The summed E-state index contributed by atoms with van der Waals surface area (Å²) in [5.74, 6) is 0.948. The predicted molar refractivity (Wildman–Crippen MR) is 51.7 cm³/mol. The topological polar surface area (TPSA) is 35.2 Å². The van der Waals surface area contributed by atoms with Crippen LogP contribution in [0.5, 0.6) is 0 Å². The van der Waals surface area contributed by atoms with Crippen molar-refractivity contribution in [1.82, 2.24) is 0 Å². The lowest BCUT2D eigenvalue weighted by molar-refractivity contribution is 0.124. The number of rotatable bonds is 1. The molecule has 0 radical (unpaired) electrons. The molecule has 12 heavy (non-hydrogen) atoms. The fourth-order valence-corrected chi connectivity index (χ4v) is 1.86. The zero-order valence-electron chi connectivity index (χ0n) is 6.59. The van der Waals surface area contributed by atoms with Gasteiger partial charge in [-0.05, 0) is 12.2 Å². The molecule has 0 spiro atoms. The van der Waals surface area contributed by atoms with Crippen molar-refractivity contribution < 1.29 is 4.74 Å². The second kappa shape index (κ2) is 3.07. The van der Waals surface area contributed by atoms with Crippen LogP contribution in [0.2, 0.25) is 0 Å². The van der Waals surface area contributed by atoms with E-state index in [4.69, 9.17) is 10.5 Å². The molecule has 3 heteroatoms. The van der Waals surface area contributed by atoms with Crippen molar-refractivity contribution >= 4 is 15.9 Å². The first kappa shape index (κ1) is 8.08. The van der Waals surface area contributed by atoms with Crippen LogP contribution in [0.3, 0.4) is 0 Å². The third-order valence-electron chi connectivity index (χ3n) is 2.05. The number of allylic oxidation sites excluding steroid dienone is 3. The fourth-order valence-electron chi connectivity index (χ4n) is 1.37. The first-order valence-corrected chi connectivity index (χ1v) is 4.75. The van der Waals surface area contributed by atoms with Crippen LogP contribution in [0, 0.1) is 0 Å². The predicted octanol–water partition coefficient (Wildman–Crippen LogP) is 1.84. The average molecular weight is 228 g/mol. The van der Waals surface area contributed by atoms with E-state index in [0.717, 1.165) is 16.7 Å². The minimum Gasteiger partial charge on any atom is -0.488 e. The highest BCUT2D eigenvalue weighted by Crippen LogP contribution is 2.35. The molecule has 0 aromatic carbocycles. The highest BCUT2D eigenvalue weighted by atomic mass is 79.9. The third-order valence-corrected chi connectivity index (χ3v) is 2.74. The summed E-state index contributed by atoms with van der Waals surface area (Å²) >= 11 is 3.45. The van der Waals surface area contributed by atoms with Gasteiger partial charge in [0.25, 0.3) is 0 Å². The monoisotopic (exact) mass is 227 g/mol. The number of halogens is 1. The van der Waals surface area contributed by atoms with Crippen molar-refractivity contribution in [3.05, 3.63) is 34.0 Å². The van der Waals surface area contributed by atoms with Crippen LogP contribution in [0.4, 0.5) is 0 Å². The number of hydrogen-bond donors (Lipinski definition) is 1. The first-order valence-electron chi connectivity index (χ1n) is 3.96. The molecule has 1 atom stereocenters. The van der Waals surface area contributed by atoms with Gasteiger partial charge in [-0.2, -0.15) is 0 Å². The van der Waals surface area contributed by atoms with E-state index in [1.165, 1.54) is 5.57 Å². The van der Waals surface area contributed by atoms with Crippen molar-refractivity contribution in [2.24, 2.45) is 5.73 Å². The van der Waals surface area contributed by atoms with E-state index in [-0.39, 0.29) is 6.10 Å². The molecule has 2 N–H and O–H groups in total. The highest BCUT2D eigenvalue weighted by Gasteiger charge is 2.22. The molecule has 1 aliphatic carbocycles. The van der Waals surface area contributed by atoms with E-state index in [9.17, 15) is 0 Å². The van der Waals surface area contributed by atoms with Gasteiger partial charge in [0.2, 0.25) is 0 Å². The SMILES string of the molecule is NCC1CC=C2C(Br)=CC=C2O1. The van der Waals surface area contributed by atoms with E-state index < -0.39 is 0 Å². The second-order valence-corrected chi connectivity index (χ2v) is 3.73. The van der Waals surface area contributed by atoms with Gasteiger partial charge in [0, 0.05) is 23.0 Å². The van der Waals surface area contributed by atoms with Crippen LogP contribution in [0.1, 0.15) is 6.42 Å². The summed E-state index contributed by atoms with van der Waals surface area (Å²) in [5, 5.41) is 0. The van der Waals surface area contributed by atoms with E-state index >= 15 is 0 Å². The smallest absolute Gasteiger partial charge is 0.127 e.